The van der Waals surface area contributed by atoms with Crippen molar-refractivity contribution in [1.29, 1.82) is 0 Å². The first kappa shape index (κ1) is 19.1. The van der Waals surface area contributed by atoms with E-state index in [9.17, 15) is 14.7 Å². The van der Waals surface area contributed by atoms with Gasteiger partial charge in [0.05, 0.1) is 11.2 Å². The molecule has 0 atom stereocenters. The number of aldehydes is 1. The normalized spacial score (nSPS) is 15.7. The molecule has 0 saturated carbocycles. The average molecular weight is 369 g/mol. The minimum absolute atomic E-state index is 0.352. The van der Waals surface area contributed by atoms with E-state index in [0.717, 1.165) is 48.8 Å². The number of aromatic nitrogens is 1. The lowest BCUT2D eigenvalue weighted by atomic mass is 9.93. The summed E-state index contributed by atoms with van der Waals surface area (Å²) in [5.41, 5.74) is 1.93. The highest BCUT2D eigenvalue weighted by atomic mass is 16.4. The number of pyridine rings is 1. The zero-order chi connectivity index (χ0) is 19.6. The summed E-state index contributed by atoms with van der Waals surface area (Å²) < 4.78 is 0. The molecule has 27 heavy (non-hydrogen) atoms. The second-order valence-corrected chi connectivity index (χ2v) is 8.20. The van der Waals surface area contributed by atoms with Crippen molar-refractivity contribution in [3.63, 3.8) is 0 Å². The van der Waals surface area contributed by atoms with Crippen molar-refractivity contribution < 1.29 is 14.7 Å². The molecule has 1 saturated heterocycles. The molecule has 0 spiro atoms. The van der Waals surface area contributed by atoms with Crippen molar-refractivity contribution >= 4 is 29.0 Å². The number of carbonyl (C=O) groups excluding carboxylic acids is 1. The van der Waals surface area contributed by atoms with E-state index in [1.54, 1.807) is 11.0 Å². The minimum Gasteiger partial charge on any atom is -0.465 e. The molecule has 1 fully saturated rings. The predicted octanol–water partition coefficient (Wildman–Crippen LogP) is 4.04. The third-order valence-corrected chi connectivity index (χ3v) is 5.28. The smallest absolute Gasteiger partial charge is 0.407 e. The Morgan fingerprint density at radius 3 is 2.56 bits per heavy atom. The lowest BCUT2D eigenvalue weighted by Gasteiger charge is -2.39. The maximum atomic E-state index is 11.6. The summed E-state index contributed by atoms with van der Waals surface area (Å²) in [6.45, 7) is 8.08. The standard InChI is InChI=1S/C21H27N3O3/c1-21(2,3)24(20(26)27)13-15-9-11-23(12-10-15)18-6-4-5-16-7-8-17(14-25)22-19(16)18/h4-8,14-15H,9-13H2,1-3H3,(H,26,27). The van der Waals surface area contributed by atoms with E-state index in [0.29, 0.717) is 18.2 Å². The lowest BCUT2D eigenvalue weighted by molar-refractivity contribution is 0.0852. The van der Waals surface area contributed by atoms with E-state index in [4.69, 9.17) is 0 Å². The molecule has 1 amide bonds. The fourth-order valence-electron chi connectivity index (χ4n) is 3.72. The van der Waals surface area contributed by atoms with Crippen LogP contribution in [0.2, 0.25) is 0 Å². The second kappa shape index (κ2) is 7.55. The van der Waals surface area contributed by atoms with Gasteiger partial charge in [-0.3, -0.25) is 4.79 Å². The quantitative estimate of drug-likeness (QED) is 0.823. The number of carboxylic acid groups (broad SMARTS) is 1. The van der Waals surface area contributed by atoms with Gasteiger partial charge < -0.3 is 14.9 Å². The van der Waals surface area contributed by atoms with Crippen LogP contribution in [0.5, 0.6) is 0 Å². The summed E-state index contributed by atoms with van der Waals surface area (Å²) in [5.74, 6) is 0.352. The molecule has 1 aromatic heterocycles. The number of nitrogens with zero attached hydrogens (tertiary/aromatic N) is 3. The monoisotopic (exact) mass is 369 g/mol. The summed E-state index contributed by atoms with van der Waals surface area (Å²) in [7, 11) is 0. The number of hydrogen-bond acceptors (Lipinski definition) is 4. The highest BCUT2D eigenvalue weighted by molar-refractivity contribution is 5.92. The van der Waals surface area contributed by atoms with E-state index < -0.39 is 11.6 Å². The SMILES string of the molecule is CC(C)(C)N(CC1CCN(c2cccc3ccc(C=O)nc23)CC1)C(=O)O. The van der Waals surface area contributed by atoms with Crippen LogP contribution in [0.25, 0.3) is 10.9 Å². The van der Waals surface area contributed by atoms with Crippen LogP contribution in [0, 0.1) is 5.92 Å². The van der Waals surface area contributed by atoms with Crippen LogP contribution in [-0.4, -0.2) is 52.5 Å². The Kier molecular flexibility index (Phi) is 5.35. The van der Waals surface area contributed by atoms with E-state index in [1.165, 1.54) is 0 Å². The number of amides is 1. The molecule has 3 rings (SSSR count). The molecule has 0 unspecified atom stereocenters. The van der Waals surface area contributed by atoms with Gasteiger partial charge in [0.25, 0.3) is 0 Å². The first-order chi connectivity index (χ1) is 12.8. The molecule has 2 aromatic rings. The average Bonchev–Trinajstić information content (AvgIpc) is 2.64. The molecule has 144 valence electrons. The fraction of sp³-hybridized carbons (Fsp3) is 0.476. The molecular formula is C21H27N3O3. The molecule has 0 aliphatic carbocycles. The van der Waals surface area contributed by atoms with Crippen molar-refractivity contribution in [3.8, 4) is 0 Å². The number of piperidine rings is 1. The minimum atomic E-state index is -0.857. The topological polar surface area (TPSA) is 73.7 Å². The first-order valence-corrected chi connectivity index (χ1v) is 9.40. The Bertz CT molecular complexity index is 836. The number of hydrogen-bond donors (Lipinski definition) is 1. The highest BCUT2D eigenvalue weighted by Gasteiger charge is 2.30. The molecule has 6 heteroatoms. The van der Waals surface area contributed by atoms with Crippen LogP contribution in [0.15, 0.2) is 30.3 Å². The highest BCUT2D eigenvalue weighted by Crippen LogP contribution is 2.30. The van der Waals surface area contributed by atoms with Gasteiger partial charge in [0.2, 0.25) is 0 Å². The molecule has 1 aromatic carbocycles. The van der Waals surface area contributed by atoms with Crippen LogP contribution in [0.4, 0.5) is 10.5 Å². The molecule has 1 N–H and O–H groups in total. The van der Waals surface area contributed by atoms with Gasteiger partial charge in [-0.25, -0.2) is 9.78 Å². The van der Waals surface area contributed by atoms with Crippen LogP contribution in [-0.2, 0) is 0 Å². The molecule has 1 aliphatic rings. The van der Waals surface area contributed by atoms with Gasteiger partial charge in [-0.2, -0.15) is 0 Å². The zero-order valence-electron chi connectivity index (χ0n) is 16.2. The Balaban J connectivity index is 1.73. The maximum Gasteiger partial charge on any atom is 0.407 e. The molecule has 0 bridgehead atoms. The van der Waals surface area contributed by atoms with Crippen LogP contribution in [0.1, 0.15) is 44.1 Å². The van der Waals surface area contributed by atoms with Crippen molar-refractivity contribution in [2.75, 3.05) is 24.5 Å². The third-order valence-electron chi connectivity index (χ3n) is 5.28. The van der Waals surface area contributed by atoms with Crippen LogP contribution < -0.4 is 4.90 Å². The molecular weight excluding hydrogens is 342 g/mol. The molecule has 6 nitrogen and oxygen atoms in total. The van der Waals surface area contributed by atoms with E-state index in [2.05, 4.69) is 9.88 Å². The number of anilines is 1. The molecule has 2 heterocycles. The van der Waals surface area contributed by atoms with E-state index in [1.807, 2.05) is 45.0 Å². The lowest BCUT2D eigenvalue weighted by Crippen LogP contribution is -2.49. The first-order valence-electron chi connectivity index (χ1n) is 9.40. The van der Waals surface area contributed by atoms with Gasteiger partial charge in [0, 0.05) is 30.6 Å². The van der Waals surface area contributed by atoms with Gasteiger partial charge in [0.1, 0.15) is 5.69 Å². The summed E-state index contributed by atoms with van der Waals surface area (Å²) in [6, 6.07) is 9.72. The molecule has 1 aliphatic heterocycles. The van der Waals surface area contributed by atoms with Crippen LogP contribution in [0.3, 0.4) is 0 Å². The van der Waals surface area contributed by atoms with E-state index >= 15 is 0 Å². The van der Waals surface area contributed by atoms with Gasteiger partial charge in [0.15, 0.2) is 6.29 Å². The maximum absolute atomic E-state index is 11.6. The Morgan fingerprint density at radius 2 is 1.96 bits per heavy atom. The zero-order valence-corrected chi connectivity index (χ0v) is 16.2. The summed E-state index contributed by atoms with van der Waals surface area (Å²) in [6.07, 6.45) is 1.78. The predicted molar refractivity (Wildman–Crippen MR) is 107 cm³/mol. The second-order valence-electron chi connectivity index (χ2n) is 8.20. The summed E-state index contributed by atoms with van der Waals surface area (Å²) in [5, 5.41) is 10.5. The van der Waals surface area contributed by atoms with Gasteiger partial charge in [-0.15, -0.1) is 0 Å². The fourth-order valence-corrected chi connectivity index (χ4v) is 3.72. The van der Waals surface area contributed by atoms with Gasteiger partial charge in [-0.1, -0.05) is 18.2 Å². The Labute approximate surface area is 159 Å². The molecule has 0 radical (unpaired) electrons. The Hall–Kier alpha value is -2.63. The van der Waals surface area contributed by atoms with Crippen molar-refractivity contribution in [3.05, 3.63) is 36.0 Å². The number of rotatable bonds is 4. The largest absolute Gasteiger partial charge is 0.465 e. The third kappa shape index (κ3) is 4.21. The Morgan fingerprint density at radius 1 is 1.26 bits per heavy atom. The number of fused-ring (bicyclic) bond motifs is 1. The summed E-state index contributed by atoms with van der Waals surface area (Å²) in [4.78, 5) is 31.0. The van der Waals surface area contributed by atoms with Crippen molar-refractivity contribution in [1.82, 2.24) is 9.88 Å². The number of para-hydroxylation sites is 1. The van der Waals surface area contributed by atoms with Crippen molar-refractivity contribution in [2.45, 2.75) is 39.2 Å². The number of carbonyl (C=O) groups is 2. The van der Waals surface area contributed by atoms with Gasteiger partial charge in [-0.05, 0) is 51.7 Å². The van der Waals surface area contributed by atoms with Crippen molar-refractivity contribution in [2.24, 2.45) is 5.92 Å². The van der Waals surface area contributed by atoms with Gasteiger partial charge >= 0.3 is 6.09 Å². The number of benzene rings is 1. The van der Waals surface area contributed by atoms with E-state index in [-0.39, 0.29) is 0 Å². The van der Waals surface area contributed by atoms with Crippen LogP contribution >= 0.6 is 0 Å². The summed E-state index contributed by atoms with van der Waals surface area (Å²) >= 11 is 0.